The van der Waals surface area contributed by atoms with Crippen LogP contribution >= 0.6 is 0 Å². The summed E-state index contributed by atoms with van der Waals surface area (Å²) in [6, 6.07) is 13.4. The molecular weight excluding hydrogens is 276 g/mol. The number of amides is 1. The first-order valence-corrected chi connectivity index (χ1v) is 7.37. The van der Waals surface area contributed by atoms with Gasteiger partial charge in [-0.25, -0.2) is 0 Å². The molecule has 3 aromatic rings. The molecule has 2 heterocycles. The van der Waals surface area contributed by atoms with Crippen molar-refractivity contribution in [2.45, 2.75) is 19.8 Å². The predicted molar refractivity (Wildman–Crippen MR) is 84.8 cm³/mol. The Labute approximate surface area is 129 Å². The summed E-state index contributed by atoms with van der Waals surface area (Å²) >= 11 is 0. The summed E-state index contributed by atoms with van der Waals surface area (Å²) in [4.78, 5) is 12.0. The molecule has 0 unspecified atom stereocenters. The Morgan fingerprint density at radius 2 is 1.95 bits per heavy atom. The van der Waals surface area contributed by atoms with Crippen molar-refractivity contribution in [2.75, 3.05) is 6.54 Å². The predicted octanol–water partition coefficient (Wildman–Crippen LogP) is 2.40. The van der Waals surface area contributed by atoms with Crippen LogP contribution < -0.4 is 5.32 Å². The second kappa shape index (κ2) is 6.39. The van der Waals surface area contributed by atoms with Crippen LogP contribution in [0.3, 0.4) is 0 Å². The minimum absolute atomic E-state index is 0.0360. The van der Waals surface area contributed by atoms with Crippen LogP contribution in [0.4, 0.5) is 0 Å². The standard InChI is InChI=1S/C17H18N4O/c1-13-7-9-14(10-8-13)17(22)18-11-4-6-16-20-19-15-5-2-3-12-21(15)16/h2-3,5,7-10,12H,4,6,11H2,1H3,(H,18,22). The van der Waals surface area contributed by atoms with Crippen molar-refractivity contribution in [1.82, 2.24) is 19.9 Å². The number of aromatic nitrogens is 3. The number of hydrogen-bond acceptors (Lipinski definition) is 3. The minimum atomic E-state index is -0.0360. The first kappa shape index (κ1) is 14.3. The number of rotatable bonds is 5. The number of fused-ring (bicyclic) bond motifs is 1. The molecule has 112 valence electrons. The lowest BCUT2D eigenvalue weighted by Crippen LogP contribution is -2.24. The molecule has 2 aromatic heterocycles. The van der Waals surface area contributed by atoms with E-state index in [-0.39, 0.29) is 5.91 Å². The second-order valence-electron chi connectivity index (χ2n) is 5.27. The number of hydrogen-bond donors (Lipinski definition) is 1. The van der Waals surface area contributed by atoms with Gasteiger partial charge in [0.15, 0.2) is 5.65 Å². The van der Waals surface area contributed by atoms with E-state index < -0.39 is 0 Å². The minimum Gasteiger partial charge on any atom is -0.352 e. The second-order valence-corrected chi connectivity index (χ2v) is 5.27. The van der Waals surface area contributed by atoms with Crippen molar-refractivity contribution < 1.29 is 4.79 Å². The molecule has 0 saturated heterocycles. The fraction of sp³-hybridized carbons (Fsp3) is 0.235. The number of carbonyl (C=O) groups excluding carboxylic acids is 1. The summed E-state index contributed by atoms with van der Waals surface area (Å²) in [5.41, 5.74) is 2.69. The van der Waals surface area contributed by atoms with Gasteiger partial charge in [-0.2, -0.15) is 0 Å². The van der Waals surface area contributed by atoms with Crippen LogP contribution in [0.1, 0.15) is 28.2 Å². The van der Waals surface area contributed by atoms with Gasteiger partial charge in [-0.1, -0.05) is 23.8 Å². The van der Waals surface area contributed by atoms with Crippen LogP contribution in [0.15, 0.2) is 48.7 Å². The van der Waals surface area contributed by atoms with E-state index in [2.05, 4.69) is 15.5 Å². The van der Waals surface area contributed by atoms with E-state index in [1.165, 1.54) is 0 Å². The van der Waals surface area contributed by atoms with E-state index >= 15 is 0 Å². The molecule has 0 atom stereocenters. The number of benzene rings is 1. The van der Waals surface area contributed by atoms with E-state index in [0.717, 1.165) is 29.9 Å². The normalized spacial score (nSPS) is 10.8. The van der Waals surface area contributed by atoms with Crippen LogP contribution in [-0.2, 0) is 6.42 Å². The fourth-order valence-corrected chi connectivity index (χ4v) is 2.32. The zero-order valence-corrected chi connectivity index (χ0v) is 12.5. The van der Waals surface area contributed by atoms with Crippen LogP contribution in [0.2, 0.25) is 0 Å². The molecule has 1 aromatic carbocycles. The van der Waals surface area contributed by atoms with E-state index in [9.17, 15) is 4.79 Å². The molecule has 0 saturated carbocycles. The molecule has 1 N–H and O–H groups in total. The highest BCUT2D eigenvalue weighted by atomic mass is 16.1. The van der Waals surface area contributed by atoms with Crippen molar-refractivity contribution in [3.63, 3.8) is 0 Å². The number of nitrogens with zero attached hydrogens (tertiary/aromatic N) is 3. The lowest BCUT2D eigenvalue weighted by Gasteiger charge is -2.05. The zero-order valence-electron chi connectivity index (χ0n) is 12.5. The van der Waals surface area contributed by atoms with Gasteiger partial charge in [0, 0.05) is 24.7 Å². The van der Waals surface area contributed by atoms with Crippen molar-refractivity contribution >= 4 is 11.6 Å². The van der Waals surface area contributed by atoms with Gasteiger partial charge in [-0.3, -0.25) is 9.20 Å². The summed E-state index contributed by atoms with van der Waals surface area (Å²) in [5, 5.41) is 11.2. The highest BCUT2D eigenvalue weighted by Crippen LogP contribution is 2.05. The maximum atomic E-state index is 12.0. The lowest BCUT2D eigenvalue weighted by molar-refractivity contribution is 0.0953. The molecule has 1 amide bonds. The highest BCUT2D eigenvalue weighted by Gasteiger charge is 2.06. The third kappa shape index (κ3) is 3.14. The number of nitrogens with one attached hydrogen (secondary N) is 1. The van der Waals surface area contributed by atoms with Crippen molar-refractivity contribution in [3.05, 3.63) is 65.6 Å². The summed E-state index contributed by atoms with van der Waals surface area (Å²) in [5.74, 6) is 0.881. The summed E-state index contributed by atoms with van der Waals surface area (Å²) in [6.07, 6.45) is 3.56. The smallest absolute Gasteiger partial charge is 0.251 e. The number of carbonyl (C=O) groups is 1. The third-order valence-corrected chi connectivity index (χ3v) is 3.56. The molecule has 5 heteroatoms. The molecule has 0 aliphatic rings. The Morgan fingerprint density at radius 3 is 2.77 bits per heavy atom. The monoisotopic (exact) mass is 294 g/mol. The van der Waals surface area contributed by atoms with Crippen LogP contribution in [0.5, 0.6) is 0 Å². The Morgan fingerprint density at radius 1 is 1.14 bits per heavy atom. The van der Waals surface area contributed by atoms with E-state index in [0.29, 0.717) is 12.1 Å². The molecule has 0 aliphatic carbocycles. The Kier molecular flexibility index (Phi) is 4.14. The average molecular weight is 294 g/mol. The van der Waals surface area contributed by atoms with Crippen LogP contribution in [0.25, 0.3) is 5.65 Å². The van der Waals surface area contributed by atoms with E-state index in [1.807, 2.05) is 60.0 Å². The highest BCUT2D eigenvalue weighted by molar-refractivity contribution is 5.94. The average Bonchev–Trinajstić information content (AvgIpc) is 2.95. The largest absolute Gasteiger partial charge is 0.352 e. The number of aryl methyl sites for hydroxylation is 2. The summed E-state index contributed by atoms with van der Waals surface area (Å²) < 4.78 is 1.97. The Balaban J connectivity index is 1.51. The van der Waals surface area contributed by atoms with Gasteiger partial charge in [0.25, 0.3) is 5.91 Å². The third-order valence-electron chi connectivity index (χ3n) is 3.56. The molecule has 0 spiro atoms. The molecular formula is C17H18N4O. The van der Waals surface area contributed by atoms with Gasteiger partial charge in [-0.15, -0.1) is 10.2 Å². The van der Waals surface area contributed by atoms with Gasteiger partial charge in [0.05, 0.1) is 0 Å². The van der Waals surface area contributed by atoms with Crippen molar-refractivity contribution in [3.8, 4) is 0 Å². The lowest BCUT2D eigenvalue weighted by atomic mass is 10.1. The van der Waals surface area contributed by atoms with Gasteiger partial charge < -0.3 is 5.32 Å². The zero-order chi connectivity index (χ0) is 15.4. The van der Waals surface area contributed by atoms with Gasteiger partial charge in [-0.05, 0) is 37.6 Å². The maximum absolute atomic E-state index is 12.0. The summed E-state index contributed by atoms with van der Waals surface area (Å²) in [6.45, 7) is 2.62. The maximum Gasteiger partial charge on any atom is 0.251 e. The SMILES string of the molecule is Cc1ccc(C(=O)NCCCc2nnc3ccccn23)cc1. The summed E-state index contributed by atoms with van der Waals surface area (Å²) in [7, 11) is 0. The van der Waals surface area contributed by atoms with Crippen molar-refractivity contribution in [1.29, 1.82) is 0 Å². The molecule has 5 nitrogen and oxygen atoms in total. The molecule has 0 bridgehead atoms. The molecule has 0 aliphatic heterocycles. The molecule has 22 heavy (non-hydrogen) atoms. The molecule has 0 fully saturated rings. The van der Waals surface area contributed by atoms with E-state index in [1.54, 1.807) is 0 Å². The molecule has 0 radical (unpaired) electrons. The quantitative estimate of drug-likeness (QED) is 0.735. The number of pyridine rings is 1. The van der Waals surface area contributed by atoms with E-state index in [4.69, 9.17) is 0 Å². The topological polar surface area (TPSA) is 59.3 Å². The van der Waals surface area contributed by atoms with Gasteiger partial charge in [0.1, 0.15) is 5.82 Å². The van der Waals surface area contributed by atoms with Crippen LogP contribution in [0, 0.1) is 6.92 Å². The molecule has 3 rings (SSSR count). The van der Waals surface area contributed by atoms with Crippen LogP contribution in [-0.4, -0.2) is 27.0 Å². The Hall–Kier alpha value is -2.69. The van der Waals surface area contributed by atoms with Gasteiger partial charge in [0.2, 0.25) is 0 Å². The fourth-order valence-electron chi connectivity index (χ4n) is 2.32. The van der Waals surface area contributed by atoms with Gasteiger partial charge >= 0.3 is 0 Å². The first-order chi connectivity index (χ1) is 10.7. The first-order valence-electron chi connectivity index (χ1n) is 7.37. The Bertz CT molecular complexity index is 777. The van der Waals surface area contributed by atoms with Crippen molar-refractivity contribution in [2.24, 2.45) is 0 Å².